The first kappa shape index (κ1) is 15.1. The molecule has 0 atom stereocenters. The summed E-state index contributed by atoms with van der Waals surface area (Å²) in [7, 11) is 0. The number of carbonyl (C=O) groups excluding carboxylic acids is 1. The summed E-state index contributed by atoms with van der Waals surface area (Å²) in [6, 6.07) is 0. The van der Waals surface area contributed by atoms with Crippen molar-refractivity contribution in [1.29, 1.82) is 0 Å². The number of rotatable bonds is 6. The first-order valence-electron chi connectivity index (χ1n) is 7.64. The van der Waals surface area contributed by atoms with E-state index in [1.807, 2.05) is 0 Å². The molecule has 4 heteroatoms. The largest absolute Gasteiger partial charge is 0.481 e. The minimum atomic E-state index is -0.883. The molecule has 0 bridgehead atoms. The lowest BCUT2D eigenvalue weighted by Gasteiger charge is -2.39. The van der Waals surface area contributed by atoms with Gasteiger partial charge in [0, 0.05) is 6.08 Å². The van der Waals surface area contributed by atoms with Gasteiger partial charge in [0.2, 0.25) is 0 Å². The molecule has 0 amide bonds. The summed E-state index contributed by atoms with van der Waals surface area (Å²) in [4.78, 5) is 23.5. The lowest BCUT2D eigenvalue weighted by molar-refractivity contribution is -0.167. The first-order valence-corrected chi connectivity index (χ1v) is 7.64. The Labute approximate surface area is 120 Å². The Kier molecular flexibility index (Phi) is 4.84. The van der Waals surface area contributed by atoms with E-state index in [9.17, 15) is 14.7 Å². The highest BCUT2D eigenvalue weighted by Gasteiger charge is 2.53. The number of carboxylic acids is 1. The molecule has 0 aliphatic heterocycles. The highest BCUT2D eigenvalue weighted by Crippen LogP contribution is 2.51. The molecule has 0 spiro atoms. The maximum atomic E-state index is 12.1. The van der Waals surface area contributed by atoms with Gasteiger partial charge in [-0.05, 0) is 37.5 Å². The van der Waals surface area contributed by atoms with E-state index in [0.29, 0.717) is 0 Å². The molecule has 2 fully saturated rings. The van der Waals surface area contributed by atoms with Crippen molar-refractivity contribution in [3.05, 3.63) is 12.7 Å². The van der Waals surface area contributed by atoms with E-state index in [1.54, 1.807) is 0 Å². The Balaban J connectivity index is 2.24. The monoisotopic (exact) mass is 280 g/mol. The van der Waals surface area contributed by atoms with Gasteiger partial charge in [-0.15, -0.1) is 0 Å². The second-order valence-electron chi connectivity index (χ2n) is 6.12. The molecular weight excluding hydrogens is 256 g/mol. The minimum absolute atomic E-state index is 0.00250. The molecule has 20 heavy (non-hydrogen) atoms. The summed E-state index contributed by atoms with van der Waals surface area (Å²) in [5.74, 6) is -1.03. The van der Waals surface area contributed by atoms with E-state index in [4.69, 9.17) is 4.74 Å². The zero-order chi connectivity index (χ0) is 14.6. The zero-order valence-electron chi connectivity index (χ0n) is 12.0. The van der Waals surface area contributed by atoms with Crippen LogP contribution in [0.2, 0.25) is 0 Å². The summed E-state index contributed by atoms with van der Waals surface area (Å²) < 4.78 is 5.20. The fourth-order valence-electron chi connectivity index (χ4n) is 4.11. The molecule has 0 aromatic rings. The van der Waals surface area contributed by atoms with Crippen LogP contribution in [0.25, 0.3) is 0 Å². The highest BCUT2D eigenvalue weighted by atomic mass is 16.5. The molecule has 1 N–H and O–H groups in total. The number of hydrogen-bond donors (Lipinski definition) is 1. The van der Waals surface area contributed by atoms with Crippen LogP contribution in [0.3, 0.4) is 0 Å². The van der Waals surface area contributed by atoms with E-state index < -0.39 is 17.4 Å². The van der Waals surface area contributed by atoms with Crippen LogP contribution >= 0.6 is 0 Å². The van der Waals surface area contributed by atoms with Crippen LogP contribution < -0.4 is 0 Å². The maximum Gasteiger partial charge on any atom is 0.330 e. The molecule has 0 unspecified atom stereocenters. The van der Waals surface area contributed by atoms with Crippen LogP contribution in [0, 0.1) is 17.3 Å². The van der Waals surface area contributed by atoms with E-state index in [0.717, 1.165) is 57.4 Å². The van der Waals surface area contributed by atoms with Gasteiger partial charge in [-0.1, -0.05) is 32.3 Å². The summed E-state index contributed by atoms with van der Waals surface area (Å²) in [5.41, 5.74) is -0.883. The summed E-state index contributed by atoms with van der Waals surface area (Å²) in [5, 5.41) is 9.91. The summed E-state index contributed by atoms with van der Waals surface area (Å²) in [6.45, 7) is 3.38. The third-order valence-corrected chi connectivity index (χ3v) is 5.19. The number of aliphatic carboxylic acids is 1. The van der Waals surface area contributed by atoms with Crippen LogP contribution in [0.4, 0.5) is 0 Å². The van der Waals surface area contributed by atoms with Gasteiger partial charge in [0.1, 0.15) is 12.0 Å². The van der Waals surface area contributed by atoms with E-state index in [1.165, 1.54) is 0 Å². The van der Waals surface area contributed by atoms with Gasteiger partial charge < -0.3 is 9.84 Å². The Bertz CT molecular complexity index is 360. The number of hydrogen-bond acceptors (Lipinski definition) is 3. The molecule has 4 nitrogen and oxygen atoms in total. The van der Waals surface area contributed by atoms with Gasteiger partial charge in [0.15, 0.2) is 0 Å². The first-order chi connectivity index (χ1) is 9.61. The topological polar surface area (TPSA) is 63.6 Å². The molecule has 0 heterocycles. The minimum Gasteiger partial charge on any atom is -0.481 e. The number of esters is 1. The molecule has 2 aliphatic rings. The molecular formula is C16H24O4. The van der Waals surface area contributed by atoms with Crippen molar-refractivity contribution in [3.8, 4) is 0 Å². The lowest BCUT2D eigenvalue weighted by atomic mass is 9.65. The van der Waals surface area contributed by atoms with Crippen LogP contribution in [-0.4, -0.2) is 23.7 Å². The van der Waals surface area contributed by atoms with Crippen molar-refractivity contribution < 1.29 is 19.4 Å². The molecule has 0 saturated heterocycles. The van der Waals surface area contributed by atoms with Crippen molar-refractivity contribution in [3.63, 3.8) is 0 Å². The molecule has 2 saturated carbocycles. The standard InChI is InChI=1S/C16H24O4/c1-2-14(17)20-11-16(15(18)19,12-7-3-4-8-12)13-9-5-6-10-13/h2,12-13H,1,3-11H2,(H,18,19). The number of carbonyl (C=O) groups is 2. The van der Waals surface area contributed by atoms with Crippen LogP contribution in [0.1, 0.15) is 51.4 Å². The van der Waals surface area contributed by atoms with Crippen molar-refractivity contribution in [2.24, 2.45) is 17.3 Å². The van der Waals surface area contributed by atoms with E-state index in [-0.39, 0.29) is 18.4 Å². The number of carboxylic acid groups (broad SMARTS) is 1. The summed E-state index contributed by atoms with van der Waals surface area (Å²) in [6.07, 6.45) is 9.20. The number of ether oxygens (including phenoxy) is 1. The predicted octanol–water partition coefficient (Wildman–Crippen LogP) is 3.17. The second-order valence-corrected chi connectivity index (χ2v) is 6.12. The van der Waals surface area contributed by atoms with E-state index in [2.05, 4.69) is 6.58 Å². The van der Waals surface area contributed by atoms with Gasteiger partial charge >= 0.3 is 11.9 Å². The molecule has 0 radical (unpaired) electrons. The van der Waals surface area contributed by atoms with Gasteiger partial charge in [-0.2, -0.15) is 0 Å². The Morgan fingerprint density at radius 3 is 1.90 bits per heavy atom. The smallest absolute Gasteiger partial charge is 0.330 e. The highest BCUT2D eigenvalue weighted by molar-refractivity contribution is 5.82. The van der Waals surface area contributed by atoms with Crippen LogP contribution in [0.5, 0.6) is 0 Å². The van der Waals surface area contributed by atoms with E-state index >= 15 is 0 Å². The van der Waals surface area contributed by atoms with Crippen molar-refractivity contribution in [2.75, 3.05) is 6.61 Å². The average Bonchev–Trinajstić information content (AvgIpc) is 3.12. The predicted molar refractivity (Wildman–Crippen MR) is 75.1 cm³/mol. The van der Waals surface area contributed by atoms with Crippen molar-refractivity contribution in [2.45, 2.75) is 51.4 Å². The van der Waals surface area contributed by atoms with Gasteiger partial charge in [-0.3, -0.25) is 4.79 Å². The SMILES string of the molecule is C=CC(=O)OCC(C(=O)O)(C1CCCC1)C1CCCC1. The average molecular weight is 280 g/mol. The van der Waals surface area contributed by atoms with Crippen molar-refractivity contribution in [1.82, 2.24) is 0 Å². The normalized spacial score (nSPS) is 21.0. The van der Waals surface area contributed by atoms with Gasteiger partial charge in [-0.25, -0.2) is 4.79 Å². The van der Waals surface area contributed by atoms with Gasteiger partial charge in [0.25, 0.3) is 0 Å². The molecule has 0 aromatic carbocycles. The Morgan fingerprint density at radius 1 is 1.10 bits per heavy atom. The quantitative estimate of drug-likeness (QED) is 0.599. The van der Waals surface area contributed by atoms with Crippen LogP contribution in [-0.2, 0) is 14.3 Å². The molecule has 2 aliphatic carbocycles. The zero-order valence-corrected chi connectivity index (χ0v) is 12.0. The third-order valence-electron chi connectivity index (χ3n) is 5.19. The van der Waals surface area contributed by atoms with Crippen molar-refractivity contribution >= 4 is 11.9 Å². The Morgan fingerprint density at radius 2 is 1.55 bits per heavy atom. The summed E-state index contributed by atoms with van der Waals surface area (Å²) >= 11 is 0. The fourth-order valence-corrected chi connectivity index (χ4v) is 4.11. The molecule has 112 valence electrons. The second kappa shape index (κ2) is 6.42. The third kappa shape index (κ3) is 2.74. The fraction of sp³-hybridized carbons (Fsp3) is 0.750. The Hall–Kier alpha value is -1.32. The molecule has 0 aromatic heterocycles. The van der Waals surface area contributed by atoms with Gasteiger partial charge in [0.05, 0.1) is 0 Å². The maximum absolute atomic E-state index is 12.1. The van der Waals surface area contributed by atoms with Crippen LogP contribution in [0.15, 0.2) is 12.7 Å². The lowest BCUT2D eigenvalue weighted by Crippen LogP contribution is -2.47. The molecule has 2 rings (SSSR count).